The Morgan fingerprint density at radius 3 is 2.78 bits per heavy atom. The zero-order valence-electron chi connectivity index (χ0n) is 11.4. The van der Waals surface area contributed by atoms with Gasteiger partial charge in [-0.25, -0.2) is 0 Å². The highest BCUT2D eigenvalue weighted by Gasteiger charge is 2.38. The van der Waals surface area contributed by atoms with Crippen LogP contribution < -0.4 is 5.73 Å². The van der Waals surface area contributed by atoms with Gasteiger partial charge in [0, 0.05) is 24.9 Å². The van der Waals surface area contributed by atoms with Gasteiger partial charge >= 0.3 is 0 Å². The Morgan fingerprint density at radius 2 is 2.06 bits per heavy atom. The van der Waals surface area contributed by atoms with Crippen LogP contribution in [0.1, 0.15) is 57.1 Å². The van der Waals surface area contributed by atoms with Crippen LogP contribution in [0.15, 0.2) is 0 Å². The van der Waals surface area contributed by atoms with Crippen molar-refractivity contribution in [1.29, 1.82) is 0 Å². The maximum Gasteiger partial charge on any atom is 0.140 e. The maximum atomic E-state index is 6.11. The molecule has 0 amide bonds. The number of hydrogen-bond donors (Lipinski definition) is 1. The molecule has 1 fully saturated rings. The number of hydrogen-bond acceptors (Lipinski definition) is 3. The van der Waals surface area contributed by atoms with Crippen LogP contribution in [0.2, 0.25) is 0 Å². The van der Waals surface area contributed by atoms with Gasteiger partial charge in [-0.15, -0.1) is 10.2 Å². The molecular formula is C14H24N4. The average molecular weight is 248 g/mol. The van der Waals surface area contributed by atoms with Crippen LogP contribution in [0.4, 0.5) is 0 Å². The van der Waals surface area contributed by atoms with E-state index in [1.165, 1.54) is 50.2 Å². The van der Waals surface area contributed by atoms with E-state index in [2.05, 4.69) is 21.7 Å². The smallest absolute Gasteiger partial charge is 0.140 e. The van der Waals surface area contributed by atoms with Crippen LogP contribution in [0.3, 0.4) is 0 Å². The Morgan fingerprint density at radius 1 is 1.28 bits per heavy atom. The molecule has 4 heteroatoms. The van der Waals surface area contributed by atoms with E-state index in [0.717, 1.165) is 25.4 Å². The normalized spacial score (nSPS) is 26.9. The van der Waals surface area contributed by atoms with Gasteiger partial charge in [0.15, 0.2) is 0 Å². The molecule has 3 rings (SSSR count). The Labute approximate surface area is 109 Å². The molecule has 1 unspecified atom stereocenters. The third-order valence-corrected chi connectivity index (χ3v) is 4.88. The van der Waals surface area contributed by atoms with E-state index >= 15 is 0 Å². The Balaban J connectivity index is 1.96. The molecule has 0 aromatic carbocycles. The first-order chi connectivity index (χ1) is 8.75. The summed E-state index contributed by atoms with van der Waals surface area (Å²) in [6, 6.07) is 0. The molecule has 100 valence electrons. The molecule has 4 nitrogen and oxygen atoms in total. The summed E-state index contributed by atoms with van der Waals surface area (Å²) in [4.78, 5) is 0. The van der Waals surface area contributed by atoms with Gasteiger partial charge in [-0.3, -0.25) is 0 Å². The molecule has 2 aliphatic rings. The van der Waals surface area contributed by atoms with Crippen LogP contribution in [0.25, 0.3) is 0 Å². The molecule has 2 heterocycles. The number of aromatic nitrogens is 3. The highest BCUT2D eigenvalue weighted by molar-refractivity contribution is 5.14. The van der Waals surface area contributed by atoms with Gasteiger partial charge in [0.05, 0.1) is 0 Å². The third kappa shape index (κ3) is 1.87. The molecule has 0 radical (unpaired) electrons. The predicted octanol–water partition coefficient (Wildman–Crippen LogP) is 2.02. The summed E-state index contributed by atoms with van der Waals surface area (Å²) in [7, 11) is 0. The molecule has 1 aliphatic carbocycles. The molecular weight excluding hydrogens is 224 g/mol. The fourth-order valence-electron chi connectivity index (χ4n) is 3.62. The predicted molar refractivity (Wildman–Crippen MR) is 71.3 cm³/mol. The average Bonchev–Trinajstić information content (AvgIpc) is 2.83. The second kappa shape index (κ2) is 4.65. The number of nitrogens with two attached hydrogens (primary N) is 1. The minimum Gasteiger partial charge on any atom is -0.329 e. The molecule has 1 aliphatic heterocycles. The standard InChI is InChI=1S/C14H24N4/c1-11-5-8-18-12(9-11)16-17-13(18)14(10-15)6-3-2-4-7-14/h11H,2-10,15H2,1H3. The zero-order chi connectivity index (χ0) is 12.6. The minimum atomic E-state index is 0.115. The zero-order valence-corrected chi connectivity index (χ0v) is 11.4. The highest BCUT2D eigenvalue weighted by atomic mass is 15.3. The second-order valence-electron chi connectivity index (χ2n) is 6.23. The van der Waals surface area contributed by atoms with Gasteiger partial charge in [-0.1, -0.05) is 26.2 Å². The van der Waals surface area contributed by atoms with E-state index in [4.69, 9.17) is 5.73 Å². The van der Waals surface area contributed by atoms with Gasteiger partial charge < -0.3 is 10.3 Å². The maximum absolute atomic E-state index is 6.11. The first kappa shape index (κ1) is 12.2. The summed E-state index contributed by atoms with van der Waals surface area (Å²) in [6.07, 6.45) is 8.63. The van der Waals surface area contributed by atoms with Gasteiger partial charge in [-0.2, -0.15) is 0 Å². The van der Waals surface area contributed by atoms with Gasteiger partial charge in [0.25, 0.3) is 0 Å². The van der Waals surface area contributed by atoms with Crippen LogP contribution in [0, 0.1) is 5.92 Å². The second-order valence-corrected chi connectivity index (χ2v) is 6.23. The van der Waals surface area contributed by atoms with Crippen LogP contribution in [-0.4, -0.2) is 21.3 Å². The van der Waals surface area contributed by atoms with Crippen LogP contribution in [-0.2, 0) is 18.4 Å². The van der Waals surface area contributed by atoms with Crippen LogP contribution >= 0.6 is 0 Å². The summed E-state index contributed by atoms with van der Waals surface area (Å²) >= 11 is 0. The molecule has 1 aromatic rings. The SMILES string of the molecule is CC1CCn2c(nnc2C2(CN)CCCCC2)C1. The summed E-state index contributed by atoms with van der Waals surface area (Å²) < 4.78 is 2.37. The summed E-state index contributed by atoms with van der Waals surface area (Å²) in [6.45, 7) is 4.11. The van der Waals surface area contributed by atoms with Crippen molar-refractivity contribution in [3.05, 3.63) is 11.6 Å². The van der Waals surface area contributed by atoms with Crippen molar-refractivity contribution < 1.29 is 0 Å². The van der Waals surface area contributed by atoms with E-state index in [9.17, 15) is 0 Å². The molecule has 1 aromatic heterocycles. The first-order valence-corrected chi connectivity index (χ1v) is 7.38. The highest BCUT2D eigenvalue weighted by Crippen LogP contribution is 2.38. The molecule has 0 saturated heterocycles. The largest absolute Gasteiger partial charge is 0.329 e. The quantitative estimate of drug-likeness (QED) is 0.871. The van der Waals surface area contributed by atoms with E-state index in [-0.39, 0.29) is 5.41 Å². The van der Waals surface area contributed by atoms with Crippen molar-refractivity contribution in [2.75, 3.05) is 6.54 Å². The molecule has 0 bridgehead atoms. The lowest BCUT2D eigenvalue weighted by Gasteiger charge is -2.36. The topological polar surface area (TPSA) is 56.7 Å². The summed E-state index contributed by atoms with van der Waals surface area (Å²) in [5, 5.41) is 8.96. The molecule has 18 heavy (non-hydrogen) atoms. The van der Waals surface area contributed by atoms with Gasteiger partial charge in [-0.05, 0) is 25.2 Å². The lowest BCUT2D eigenvalue weighted by Crippen LogP contribution is -2.40. The minimum absolute atomic E-state index is 0.115. The Bertz CT molecular complexity index is 417. The van der Waals surface area contributed by atoms with Crippen molar-refractivity contribution in [3.8, 4) is 0 Å². The van der Waals surface area contributed by atoms with E-state index < -0.39 is 0 Å². The number of fused-ring (bicyclic) bond motifs is 1. The monoisotopic (exact) mass is 248 g/mol. The number of nitrogens with zero attached hydrogens (tertiary/aromatic N) is 3. The van der Waals surface area contributed by atoms with Gasteiger partial charge in [0.2, 0.25) is 0 Å². The Kier molecular flexibility index (Phi) is 3.14. The van der Waals surface area contributed by atoms with Crippen molar-refractivity contribution in [1.82, 2.24) is 14.8 Å². The van der Waals surface area contributed by atoms with Crippen LogP contribution in [0.5, 0.6) is 0 Å². The van der Waals surface area contributed by atoms with Crippen molar-refractivity contribution in [2.24, 2.45) is 11.7 Å². The van der Waals surface area contributed by atoms with E-state index in [1.54, 1.807) is 0 Å². The summed E-state index contributed by atoms with van der Waals surface area (Å²) in [5.74, 6) is 3.11. The first-order valence-electron chi connectivity index (χ1n) is 7.38. The number of rotatable bonds is 2. The Hall–Kier alpha value is -0.900. The molecule has 1 saturated carbocycles. The van der Waals surface area contributed by atoms with Crippen molar-refractivity contribution in [2.45, 2.75) is 63.8 Å². The van der Waals surface area contributed by atoms with E-state index in [1.807, 2.05) is 0 Å². The lowest BCUT2D eigenvalue weighted by molar-refractivity contribution is 0.268. The molecule has 0 spiro atoms. The van der Waals surface area contributed by atoms with Crippen molar-refractivity contribution >= 4 is 0 Å². The van der Waals surface area contributed by atoms with Gasteiger partial charge in [0.1, 0.15) is 11.6 Å². The fraction of sp³-hybridized carbons (Fsp3) is 0.857. The molecule has 1 atom stereocenters. The molecule has 2 N–H and O–H groups in total. The van der Waals surface area contributed by atoms with E-state index in [0.29, 0.717) is 0 Å². The van der Waals surface area contributed by atoms with Crippen molar-refractivity contribution in [3.63, 3.8) is 0 Å². The lowest BCUT2D eigenvalue weighted by atomic mass is 9.73. The summed E-state index contributed by atoms with van der Waals surface area (Å²) in [5.41, 5.74) is 6.22. The fourth-order valence-corrected chi connectivity index (χ4v) is 3.62. The third-order valence-electron chi connectivity index (χ3n) is 4.88.